The number of fused-ring (bicyclic) bond motifs is 1. The third kappa shape index (κ3) is 5.56. The highest BCUT2D eigenvalue weighted by Crippen LogP contribution is 2.39. The lowest BCUT2D eigenvalue weighted by atomic mass is 10.1. The van der Waals surface area contributed by atoms with Crippen molar-refractivity contribution >= 4 is 44.8 Å². The van der Waals surface area contributed by atoms with Crippen molar-refractivity contribution in [2.75, 3.05) is 43.0 Å². The maximum absolute atomic E-state index is 13.5. The number of pyridine rings is 1. The Labute approximate surface area is 237 Å². The number of hydrogen-bond donors (Lipinski definition) is 0. The molecule has 0 radical (unpaired) electrons. The zero-order valence-electron chi connectivity index (χ0n) is 23.2. The van der Waals surface area contributed by atoms with Crippen LogP contribution in [0.2, 0.25) is 0 Å². The van der Waals surface area contributed by atoms with Gasteiger partial charge < -0.3 is 19.4 Å². The van der Waals surface area contributed by atoms with Gasteiger partial charge >= 0.3 is 6.09 Å². The van der Waals surface area contributed by atoms with Gasteiger partial charge in [0.25, 0.3) is 0 Å². The molecule has 10 heteroatoms. The smallest absolute Gasteiger partial charge is 0.410 e. The van der Waals surface area contributed by atoms with Crippen molar-refractivity contribution in [3.63, 3.8) is 0 Å². The van der Waals surface area contributed by atoms with Crippen LogP contribution in [0.5, 0.6) is 0 Å². The van der Waals surface area contributed by atoms with Crippen LogP contribution in [-0.4, -0.2) is 59.8 Å². The van der Waals surface area contributed by atoms with Crippen LogP contribution in [-0.2, 0) is 4.74 Å². The summed E-state index contributed by atoms with van der Waals surface area (Å²) in [5.41, 5.74) is 4.51. The highest BCUT2D eigenvalue weighted by atomic mass is 32.1. The molecular weight excluding hydrogens is 527 g/mol. The fraction of sp³-hybridized carbons (Fsp3) is 0.333. The number of anilines is 3. The highest BCUT2D eigenvalue weighted by Gasteiger charge is 2.26. The van der Waals surface area contributed by atoms with E-state index in [0.29, 0.717) is 47.4 Å². The molecule has 2 aromatic carbocycles. The lowest BCUT2D eigenvalue weighted by Gasteiger charge is -2.37. The summed E-state index contributed by atoms with van der Waals surface area (Å²) in [6.07, 6.45) is 1.56. The summed E-state index contributed by atoms with van der Waals surface area (Å²) in [5, 5.41) is 11.4. The quantitative estimate of drug-likeness (QED) is 0.283. The van der Waals surface area contributed by atoms with E-state index in [1.807, 2.05) is 51.9 Å². The SMILES string of the molecule is Cc1cnc2ccc(N3CCN(C(=O)OC(C)(C)C)CC3)cc2c1N(C)c1nc(-c2ccc(F)cc2)c(C#N)s1. The first kappa shape index (κ1) is 27.3. The van der Waals surface area contributed by atoms with Gasteiger partial charge in [0.05, 0.1) is 11.2 Å². The van der Waals surface area contributed by atoms with Gasteiger partial charge in [-0.2, -0.15) is 5.26 Å². The third-order valence-corrected chi connectivity index (χ3v) is 7.80. The minimum absolute atomic E-state index is 0.283. The van der Waals surface area contributed by atoms with E-state index in [2.05, 4.69) is 28.1 Å². The van der Waals surface area contributed by atoms with Crippen LogP contribution in [0, 0.1) is 24.1 Å². The Hall–Kier alpha value is -4.23. The van der Waals surface area contributed by atoms with E-state index in [1.165, 1.54) is 23.5 Å². The summed E-state index contributed by atoms with van der Waals surface area (Å²) in [6, 6.07) is 14.4. The van der Waals surface area contributed by atoms with Crippen molar-refractivity contribution in [2.45, 2.75) is 33.3 Å². The van der Waals surface area contributed by atoms with E-state index in [1.54, 1.807) is 17.0 Å². The van der Waals surface area contributed by atoms with Gasteiger partial charge in [-0.3, -0.25) is 4.98 Å². The number of aromatic nitrogens is 2. The summed E-state index contributed by atoms with van der Waals surface area (Å²) in [6.45, 7) is 10.2. The number of nitriles is 1. The summed E-state index contributed by atoms with van der Waals surface area (Å²) in [5.74, 6) is -0.337. The number of aryl methyl sites for hydroxylation is 1. The normalized spacial score (nSPS) is 13.8. The molecule has 4 aromatic rings. The van der Waals surface area contributed by atoms with Crippen molar-refractivity contribution in [1.82, 2.24) is 14.9 Å². The van der Waals surface area contributed by atoms with E-state index in [0.717, 1.165) is 27.8 Å². The second-order valence-corrected chi connectivity index (χ2v) is 11.8. The Morgan fingerprint density at radius 1 is 1.12 bits per heavy atom. The molecule has 0 atom stereocenters. The zero-order valence-corrected chi connectivity index (χ0v) is 24.0. The first-order valence-corrected chi connectivity index (χ1v) is 13.9. The molecule has 1 aliphatic rings. The number of hydrogen-bond acceptors (Lipinski definition) is 8. The average molecular weight is 559 g/mol. The van der Waals surface area contributed by atoms with Gasteiger partial charge in [-0.1, -0.05) is 11.3 Å². The first-order chi connectivity index (χ1) is 19.0. The molecule has 0 aliphatic carbocycles. The van der Waals surface area contributed by atoms with Gasteiger partial charge in [0.2, 0.25) is 0 Å². The average Bonchev–Trinajstić information content (AvgIpc) is 3.36. The molecule has 0 bridgehead atoms. The molecule has 1 saturated heterocycles. The lowest BCUT2D eigenvalue weighted by molar-refractivity contribution is 0.0240. The molecule has 0 spiro atoms. The Morgan fingerprint density at radius 2 is 1.82 bits per heavy atom. The Kier molecular flexibility index (Phi) is 7.34. The Bertz CT molecular complexity index is 1600. The van der Waals surface area contributed by atoms with Crippen LogP contribution in [0.15, 0.2) is 48.7 Å². The number of nitrogens with zero attached hydrogens (tertiary/aromatic N) is 6. The van der Waals surface area contributed by atoms with Crippen molar-refractivity contribution in [2.24, 2.45) is 0 Å². The third-order valence-electron chi connectivity index (χ3n) is 6.76. The van der Waals surface area contributed by atoms with Crippen LogP contribution in [0.4, 0.5) is 25.7 Å². The van der Waals surface area contributed by atoms with Gasteiger partial charge in [0.15, 0.2) is 5.13 Å². The van der Waals surface area contributed by atoms with Gasteiger partial charge in [-0.05, 0) is 75.7 Å². The molecule has 0 saturated carbocycles. The molecule has 1 aliphatic heterocycles. The largest absolute Gasteiger partial charge is 0.444 e. The second kappa shape index (κ2) is 10.7. The Balaban J connectivity index is 1.44. The van der Waals surface area contributed by atoms with Crippen LogP contribution in [0.3, 0.4) is 0 Å². The molecule has 0 N–H and O–H groups in total. The van der Waals surface area contributed by atoms with Crippen molar-refractivity contribution < 1.29 is 13.9 Å². The van der Waals surface area contributed by atoms with Crippen molar-refractivity contribution in [3.8, 4) is 17.3 Å². The number of piperazine rings is 1. The van der Waals surface area contributed by atoms with Crippen LogP contribution in [0.1, 0.15) is 31.2 Å². The minimum atomic E-state index is -0.523. The summed E-state index contributed by atoms with van der Waals surface area (Å²) >= 11 is 1.30. The van der Waals surface area contributed by atoms with E-state index in [4.69, 9.17) is 9.72 Å². The van der Waals surface area contributed by atoms with Gasteiger partial charge in [-0.15, -0.1) is 0 Å². The molecule has 0 unspecified atom stereocenters. The minimum Gasteiger partial charge on any atom is -0.444 e. The highest BCUT2D eigenvalue weighted by molar-refractivity contribution is 7.16. The monoisotopic (exact) mass is 558 g/mol. The van der Waals surface area contributed by atoms with Gasteiger partial charge in [0, 0.05) is 56.1 Å². The predicted octanol–water partition coefficient (Wildman–Crippen LogP) is 6.50. The van der Waals surface area contributed by atoms with Crippen molar-refractivity contribution in [1.29, 1.82) is 5.26 Å². The molecule has 1 fully saturated rings. The number of ether oxygens (including phenoxy) is 1. The van der Waals surface area contributed by atoms with E-state index in [-0.39, 0.29) is 11.9 Å². The molecule has 40 heavy (non-hydrogen) atoms. The van der Waals surface area contributed by atoms with E-state index >= 15 is 0 Å². The molecule has 3 heterocycles. The van der Waals surface area contributed by atoms with Gasteiger partial charge in [0.1, 0.15) is 28.1 Å². The summed E-state index contributed by atoms with van der Waals surface area (Å²) < 4.78 is 19.0. The fourth-order valence-corrected chi connectivity index (χ4v) is 5.66. The molecule has 2 aromatic heterocycles. The second-order valence-electron chi connectivity index (χ2n) is 10.8. The number of benzene rings is 2. The zero-order chi connectivity index (χ0) is 28.6. The number of amides is 1. The fourth-order valence-electron chi connectivity index (χ4n) is 4.81. The number of thiazole rings is 1. The maximum Gasteiger partial charge on any atom is 0.410 e. The number of halogens is 1. The summed E-state index contributed by atoms with van der Waals surface area (Å²) in [7, 11) is 1.93. The molecule has 1 amide bonds. The van der Waals surface area contributed by atoms with Gasteiger partial charge in [-0.25, -0.2) is 14.2 Å². The molecule has 206 valence electrons. The maximum atomic E-state index is 13.5. The standard InChI is InChI=1S/C30H31FN6O2S/c1-19-18-33-24-11-10-22(36-12-14-37(15-13-36)29(38)39-30(2,3)4)16-23(24)27(19)35(5)28-34-26(25(17-32)40-28)20-6-8-21(31)9-7-20/h6-11,16,18H,12-15H2,1-5H3. The van der Waals surface area contributed by atoms with Crippen molar-refractivity contribution in [3.05, 3.63) is 64.9 Å². The number of carbonyl (C=O) groups excluding carboxylic acids is 1. The topological polar surface area (TPSA) is 85.6 Å². The van der Waals surface area contributed by atoms with Crippen LogP contribution < -0.4 is 9.80 Å². The predicted molar refractivity (Wildman–Crippen MR) is 157 cm³/mol. The number of carbonyl (C=O) groups is 1. The molecule has 5 rings (SSSR count). The lowest BCUT2D eigenvalue weighted by Crippen LogP contribution is -2.50. The Morgan fingerprint density at radius 3 is 2.48 bits per heavy atom. The van der Waals surface area contributed by atoms with E-state index < -0.39 is 5.60 Å². The molecular formula is C30H31FN6O2S. The van der Waals surface area contributed by atoms with Crippen LogP contribution in [0.25, 0.3) is 22.2 Å². The molecule has 8 nitrogen and oxygen atoms in total. The summed E-state index contributed by atoms with van der Waals surface area (Å²) in [4.78, 5) is 28.4. The van der Waals surface area contributed by atoms with Crippen LogP contribution >= 0.6 is 11.3 Å². The number of rotatable bonds is 4. The first-order valence-electron chi connectivity index (χ1n) is 13.1. The van der Waals surface area contributed by atoms with E-state index in [9.17, 15) is 14.4 Å².